The molecule has 2 fully saturated rings. The Bertz CT molecular complexity index is 991. The summed E-state index contributed by atoms with van der Waals surface area (Å²) in [5, 5.41) is 0.800. The van der Waals surface area contributed by atoms with Crippen LogP contribution in [0.5, 0.6) is 5.75 Å². The van der Waals surface area contributed by atoms with Crippen LogP contribution in [0, 0.1) is 0 Å². The predicted octanol–water partition coefficient (Wildman–Crippen LogP) is 3.45. The minimum absolute atomic E-state index is 0.00184. The number of nitrogens with zero attached hydrogens (tertiary/aromatic N) is 3. The van der Waals surface area contributed by atoms with Crippen LogP contribution in [0.25, 0.3) is 0 Å². The van der Waals surface area contributed by atoms with Gasteiger partial charge in [-0.15, -0.1) is 0 Å². The normalized spacial score (nSPS) is 19.5. The maximum Gasteiger partial charge on any atom is 0.260 e. The number of ether oxygens (including phenoxy) is 2. The molecule has 2 heterocycles. The fourth-order valence-electron chi connectivity index (χ4n) is 4.27. The highest BCUT2D eigenvalue weighted by Gasteiger charge is 2.28. The molecule has 2 aromatic rings. The van der Waals surface area contributed by atoms with Gasteiger partial charge in [-0.3, -0.25) is 14.5 Å². The van der Waals surface area contributed by atoms with Gasteiger partial charge >= 0.3 is 0 Å². The summed E-state index contributed by atoms with van der Waals surface area (Å²) in [7, 11) is 0. The first-order chi connectivity index (χ1) is 16.5. The number of morpholine rings is 1. The maximum absolute atomic E-state index is 12.9. The molecule has 2 saturated heterocycles. The molecule has 2 aliphatic heterocycles. The van der Waals surface area contributed by atoms with Gasteiger partial charge in [0.1, 0.15) is 5.75 Å². The van der Waals surface area contributed by atoms with Crippen molar-refractivity contribution in [2.45, 2.75) is 12.5 Å². The molecule has 2 amide bonds. The Hall–Kier alpha value is -2.32. The summed E-state index contributed by atoms with van der Waals surface area (Å²) < 4.78 is 11.6. The van der Waals surface area contributed by atoms with Crippen molar-refractivity contribution in [3.8, 4) is 5.75 Å². The van der Waals surface area contributed by atoms with Crippen LogP contribution in [0.2, 0.25) is 10.0 Å². The van der Waals surface area contributed by atoms with Gasteiger partial charge in [0.05, 0.1) is 22.8 Å². The van der Waals surface area contributed by atoms with E-state index >= 15 is 0 Å². The highest BCUT2D eigenvalue weighted by Crippen LogP contribution is 2.24. The summed E-state index contributed by atoms with van der Waals surface area (Å²) in [6.45, 7) is 5.31. The topological polar surface area (TPSA) is 62.3 Å². The molecule has 0 aliphatic carbocycles. The largest absolute Gasteiger partial charge is 0.484 e. The Labute approximate surface area is 210 Å². The zero-order valence-corrected chi connectivity index (χ0v) is 20.5. The summed E-state index contributed by atoms with van der Waals surface area (Å²) in [6, 6.07) is 14.3. The number of carbonyl (C=O) groups excluding carboxylic acids is 2. The highest BCUT2D eigenvalue weighted by atomic mass is 35.5. The van der Waals surface area contributed by atoms with Gasteiger partial charge in [-0.1, -0.05) is 41.4 Å². The van der Waals surface area contributed by atoms with Crippen molar-refractivity contribution in [3.05, 3.63) is 64.1 Å². The van der Waals surface area contributed by atoms with E-state index in [2.05, 4.69) is 4.90 Å². The summed E-state index contributed by atoms with van der Waals surface area (Å²) in [6.07, 6.45) is 0.805. The fourth-order valence-corrected chi connectivity index (χ4v) is 4.57. The van der Waals surface area contributed by atoms with E-state index in [1.165, 1.54) is 0 Å². The molecule has 7 nitrogen and oxygen atoms in total. The second kappa shape index (κ2) is 11.9. The van der Waals surface area contributed by atoms with Gasteiger partial charge in [0.25, 0.3) is 11.8 Å². The molecular weight excluding hydrogens is 477 g/mol. The van der Waals surface area contributed by atoms with Gasteiger partial charge in [0.15, 0.2) is 6.61 Å². The number of benzene rings is 2. The third-order valence-corrected chi connectivity index (χ3v) is 6.84. The van der Waals surface area contributed by atoms with Crippen molar-refractivity contribution in [3.63, 3.8) is 0 Å². The van der Waals surface area contributed by atoms with Gasteiger partial charge in [0.2, 0.25) is 0 Å². The van der Waals surface area contributed by atoms with Gasteiger partial charge in [-0.25, -0.2) is 0 Å². The highest BCUT2D eigenvalue weighted by molar-refractivity contribution is 6.42. The number of rotatable bonds is 6. The zero-order valence-electron chi connectivity index (χ0n) is 19.0. The van der Waals surface area contributed by atoms with Crippen LogP contribution < -0.4 is 4.74 Å². The van der Waals surface area contributed by atoms with Crippen LogP contribution in [-0.4, -0.2) is 91.6 Å². The molecule has 9 heteroatoms. The third kappa shape index (κ3) is 6.63. The number of carbonyl (C=O) groups is 2. The van der Waals surface area contributed by atoms with Crippen LogP contribution >= 0.6 is 23.2 Å². The number of amides is 2. The van der Waals surface area contributed by atoms with Crippen LogP contribution in [0.15, 0.2) is 48.5 Å². The van der Waals surface area contributed by atoms with Gasteiger partial charge < -0.3 is 19.3 Å². The summed E-state index contributed by atoms with van der Waals surface area (Å²) in [5.74, 6) is 0.623. The standard InChI is InChI=1S/C25H29Cl2N3O4/c26-22-8-7-19(15-23(22)27)25(32)30-13-14-33-21(17-30)16-28-9-4-10-29(12-11-28)24(31)18-34-20-5-2-1-3-6-20/h1-3,5-8,15,21H,4,9-14,16-18H2/t21-/m0/s1. The molecule has 0 spiro atoms. The van der Waals surface area contributed by atoms with Crippen molar-refractivity contribution in [2.24, 2.45) is 0 Å². The molecule has 0 radical (unpaired) electrons. The summed E-state index contributed by atoms with van der Waals surface area (Å²) >= 11 is 12.1. The molecule has 0 N–H and O–H groups in total. The molecule has 0 aromatic heterocycles. The van der Waals surface area contributed by atoms with Crippen molar-refractivity contribution >= 4 is 35.0 Å². The minimum atomic E-state index is -0.0795. The maximum atomic E-state index is 12.9. The lowest BCUT2D eigenvalue weighted by atomic mass is 10.1. The first-order valence-corrected chi connectivity index (χ1v) is 12.3. The van der Waals surface area contributed by atoms with E-state index in [1.54, 1.807) is 18.2 Å². The quantitative estimate of drug-likeness (QED) is 0.601. The van der Waals surface area contributed by atoms with Gasteiger partial charge in [0, 0.05) is 44.8 Å². The van der Waals surface area contributed by atoms with E-state index in [4.69, 9.17) is 32.7 Å². The average Bonchev–Trinajstić information content (AvgIpc) is 3.10. The van der Waals surface area contributed by atoms with Gasteiger partial charge in [-0.05, 0) is 43.3 Å². The molecule has 2 aromatic carbocycles. The number of hydrogen-bond donors (Lipinski definition) is 0. The zero-order chi connectivity index (χ0) is 23.9. The predicted molar refractivity (Wildman–Crippen MR) is 132 cm³/mol. The lowest BCUT2D eigenvalue weighted by Gasteiger charge is -2.35. The van der Waals surface area contributed by atoms with Crippen molar-refractivity contribution in [1.82, 2.24) is 14.7 Å². The van der Waals surface area contributed by atoms with E-state index in [-0.39, 0.29) is 24.5 Å². The third-order valence-electron chi connectivity index (χ3n) is 6.10. The van der Waals surface area contributed by atoms with E-state index in [1.807, 2.05) is 40.1 Å². The second-order valence-electron chi connectivity index (χ2n) is 8.51. The van der Waals surface area contributed by atoms with Crippen LogP contribution in [0.4, 0.5) is 0 Å². The first-order valence-electron chi connectivity index (χ1n) is 11.5. The molecule has 182 valence electrons. The number of para-hydroxylation sites is 1. The lowest BCUT2D eigenvalue weighted by Crippen LogP contribution is -2.50. The molecule has 34 heavy (non-hydrogen) atoms. The van der Waals surface area contributed by atoms with E-state index in [9.17, 15) is 9.59 Å². The molecule has 4 rings (SSSR count). The molecule has 1 atom stereocenters. The average molecular weight is 506 g/mol. The molecule has 2 aliphatic rings. The Kier molecular flexibility index (Phi) is 8.67. The monoisotopic (exact) mass is 505 g/mol. The number of halogens is 2. The summed E-state index contributed by atoms with van der Waals surface area (Å²) in [5.41, 5.74) is 0.525. The van der Waals surface area contributed by atoms with E-state index < -0.39 is 0 Å². The minimum Gasteiger partial charge on any atom is -0.484 e. The van der Waals surface area contributed by atoms with E-state index in [0.717, 1.165) is 19.5 Å². The Morgan fingerprint density at radius 1 is 0.941 bits per heavy atom. The van der Waals surface area contributed by atoms with Crippen molar-refractivity contribution < 1.29 is 19.1 Å². The second-order valence-corrected chi connectivity index (χ2v) is 9.32. The molecule has 0 bridgehead atoms. The molecule has 0 saturated carbocycles. The SMILES string of the molecule is O=C(COc1ccccc1)N1CCCN(C[C@H]2CN(C(=O)c3ccc(Cl)c(Cl)c3)CCO2)CC1. The van der Waals surface area contributed by atoms with Gasteiger partial charge in [-0.2, -0.15) is 0 Å². The Balaban J connectivity index is 1.25. The first kappa shape index (κ1) is 24.8. The fraction of sp³-hybridized carbons (Fsp3) is 0.440. The Morgan fingerprint density at radius 3 is 2.56 bits per heavy atom. The van der Waals surface area contributed by atoms with Crippen LogP contribution in [-0.2, 0) is 9.53 Å². The molecular formula is C25H29Cl2N3O4. The van der Waals surface area contributed by atoms with Crippen LogP contribution in [0.1, 0.15) is 16.8 Å². The number of hydrogen-bond acceptors (Lipinski definition) is 5. The van der Waals surface area contributed by atoms with E-state index in [0.29, 0.717) is 60.7 Å². The lowest BCUT2D eigenvalue weighted by molar-refractivity contribution is -0.133. The molecule has 0 unspecified atom stereocenters. The van der Waals surface area contributed by atoms with Crippen LogP contribution in [0.3, 0.4) is 0 Å². The smallest absolute Gasteiger partial charge is 0.260 e. The van der Waals surface area contributed by atoms with Crippen molar-refractivity contribution in [2.75, 3.05) is 59.0 Å². The Morgan fingerprint density at radius 2 is 1.76 bits per heavy atom. The van der Waals surface area contributed by atoms with Crippen molar-refractivity contribution in [1.29, 1.82) is 0 Å². The summed E-state index contributed by atoms with van der Waals surface area (Å²) in [4.78, 5) is 31.5.